The standard InChI is InChI=1S/C25H21N5O5/c31-23(16-6-7-19-20(14-16)34-15-33-19)28-21-17-4-1-2-5-18(17)35-22(21)24(32)29-10-12-30(13-11-29)25-26-8-3-9-27-25/h1-9,14H,10-13,15H2,(H,28,31). The molecule has 0 saturated carbocycles. The molecule has 176 valence electrons. The summed E-state index contributed by atoms with van der Waals surface area (Å²) in [5, 5.41) is 3.54. The lowest BCUT2D eigenvalue weighted by Gasteiger charge is -2.34. The Hall–Kier alpha value is -4.60. The van der Waals surface area contributed by atoms with Gasteiger partial charge in [-0.3, -0.25) is 9.59 Å². The number of nitrogens with zero attached hydrogens (tertiary/aromatic N) is 4. The molecule has 2 aromatic heterocycles. The van der Waals surface area contributed by atoms with Crippen molar-refractivity contribution < 1.29 is 23.5 Å². The van der Waals surface area contributed by atoms with E-state index in [-0.39, 0.29) is 24.4 Å². The van der Waals surface area contributed by atoms with Gasteiger partial charge >= 0.3 is 0 Å². The number of para-hydroxylation sites is 1. The van der Waals surface area contributed by atoms with Crippen molar-refractivity contribution in [3.05, 3.63) is 72.2 Å². The zero-order valence-corrected chi connectivity index (χ0v) is 18.6. The predicted molar refractivity (Wildman–Crippen MR) is 127 cm³/mol. The summed E-state index contributed by atoms with van der Waals surface area (Å²) in [5.74, 6) is 1.17. The molecule has 2 aromatic carbocycles. The smallest absolute Gasteiger partial charge is 0.291 e. The SMILES string of the molecule is O=C(Nc1c(C(=O)N2CCN(c3ncccn3)CC2)oc2ccccc12)c1ccc2c(c1)OCO2. The third-order valence-corrected chi connectivity index (χ3v) is 6.06. The van der Waals surface area contributed by atoms with Crippen molar-refractivity contribution in [3.8, 4) is 11.5 Å². The van der Waals surface area contributed by atoms with Crippen LogP contribution in [0.25, 0.3) is 11.0 Å². The lowest BCUT2D eigenvalue weighted by atomic mass is 10.1. The van der Waals surface area contributed by atoms with Crippen LogP contribution in [-0.2, 0) is 0 Å². The van der Waals surface area contributed by atoms with Gasteiger partial charge in [-0.2, -0.15) is 0 Å². The number of piperazine rings is 1. The highest BCUT2D eigenvalue weighted by Gasteiger charge is 2.30. The predicted octanol–water partition coefficient (Wildman–Crippen LogP) is 3.17. The van der Waals surface area contributed by atoms with Crippen molar-refractivity contribution in [3.63, 3.8) is 0 Å². The fraction of sp³-hybridized carbons (Fsp3) is 0.200. The molecule has 2 amide bonds. The van der Waals surface area contributed by atoms with Crippen LogP contribution in [0.5, 0.6) is 11.5 Å². The lowest BCUT2D eigenvalue weighted by Crippen LogP contribution is -2.49. The fourth-order valence-corrected chi connectivity index (χ4v) is 4.25. The van der Waals surface area contributed by atoms with E-state index < -0.39 is 0 Å². The van der Waals surface area contributed by atoms with Gasteiger partial charge in [0.15, 0.2) is 11.5 Å². The van der Waals surface area contributed by atoms with E-state index in [1.165, 1.54) is 0 Å². The number of fused-ring (bicyclic) bond motifs is 2. The average molecular weight is 471 g/mol. The van der Waals surface area contributed by atoms with Gasteiger partial charge in [-0.1, -0.05) is 12.1 Å². The van der Waals surface area contributed by atoms with E-state index >= 15 is 0 Å². The van der Waals surface area contributed by atoms with Gasteiger partial charge in [-0.25, -0.2) is 9.97 Å². The number of hydrogen-bond donors (Lipinski definition) is 1. The number of furan rings is 1. The van der Waals surface area contributed by atoms with Gasteiger partial charge in [0.1, 0.15) is 11.3 Å². The molecule has 1 saturated heterocycles. The monoisotopic (exact) mass is 471 g/mol. The molecule has 2 aliphatic heterocycles. The first-order valence-corrected chi connectivity index (χ1v) is 11.2. The van der Waals surface area contributed by atoms with E-state index in [0.717, 1.165) is 0 Å². The van der Waals surface area contributed by atoms with Gasteiger partial charge in [0.25, 0.3) is 11.8 Å². The first-order chi connectivity index (χ1) is 17.2. The van der Waals surface area contributed by atoms with E-state index in [2.05, 4.69) is 15.3 Å². The van der Waals surface area contributed by atoms with E-state index in [1.54, 1.807) is 47.6 Å². The number of benzene rings is 2. The van der Waals surface area contributed by atoms with Crippen LogP contribution < -0.4 is 19.7 Å². The number of hydrogen-bond acceptors (Lipinski definition) is 8. The van der Waals surface area contributed by atoms with Crippen LogP contribution in [0.2, 0.25) is 0 Å². The van der Waals surface area contributed by atoms with Gasteiger partial charge in [-0.05, 0) is 36.4 Å². The van der Waals surface area contributed by atoms with Gasteiger partial charge in [0.05, 0.1) is 0 Å². The molecule has 0 spiro atoms. The Balaban J connectivity index is 1.25. The highest BCUT2D eigenvalue weighted by molar-refractivity contribution is 6.14. The summed E-state index contributed by atoms with van der Waals surface area (Å²) in [6.07, 6.45) is 3.40. The molecule has 0 aliphatic carbocycles. The number of carbonyl (C=O) groups is 2. The maximum Gasteiger partial charge on any atom is 0.291 e. The Bertz CT molecular complexity index is 1410. The zero-order chi connectivity index (χ0) is 23.8. The molecule has 10 nitrogen and oxygen atoms in total. The van der Waals surface area contributed by atoms with E-state index in [9.17, 15) is 9.59 Å². The van der Waals surface area contributed by atoms with Gasteiger partial charge in [0.2, 0.25) is 18.5 Å². The lowest BCUT2D eigenvalue weighted by molar-refractivity contribution is 0.0718. The minimum atomic E-state index is -0.380. The zero-order valence-electron chi connectivity index (χ0n) is 18.6. The van der Waals surface area contributed by atoms with Crippen LogP contribution in [0.1, 0.15) is 20.9 Å². The minimum absolute atomic E-state index is 0.102. The minimum Gasteiger partial charge on any atom is -0.454 e. The molecule has 1 fully saturated rings. The molecule has 0 atom stereocenters. The van der Waals surface area contributed by atoms with Crippen molar-refractivity contribution in [1.82, 2.24) is 14.9 Å². The number of ether oxygens (including phenoxy) is 2. The summed E-state index contributed by atoms with van der Waals surface area (Å²) in [4.78, 5) is 38.9. The molecule has 4 aromatic rings. The summed E-state index contributed by atoms with van der Waals surface area (Å²) >= 11 is 0. The van der Waals surface area contributed by atoms with Crippen molar-refractivity contribution in [2.45, 2.75) is 0 Å². The third-order valence-electron chi connectivity index (χ3n) is 6.06. The van der Waals surface area contributed by atoms with Gasteiger partial charge in [0, 0.05) is 49.5 Å². The maximum absolute atomic E-state index is 13.5. The average Bonchev–Trinajstić information content (AvgIpc) is 3.53. The van der Waals surface area contributed by atoms with Crippen molar-refractivity contribution in [2.75, 3.05) is 43.2 Å². The van der Waals surface area contributed by atoms with Crippen molar-refractivity contribution >= 4 is 34.4 Å². The first kappa shape index (κ1) is 21.0. The molecular formula is C25H21N5O5. The molecule has 0 bridgehead atoms. The summed E-state index contributed by atoms with van der Waals surface area (Å²) < 4.78 is 16.6. The number of aromatic nitrogens is 2. The first-order valence-electron chi connectivity index (χ1n) is 11.2. The quantitative estimate of drug-likeness (QED) is 0.483. The van der Waals surface area contributed by atoms with Gasteiger partial charge < -0.3 is 29.0 Å². The number of amides is 2. The molecule has 1 N–H and O–H groups in total. The van der Waals surface area contributed by atoms with Crippen LogP contribution in [0.3, 0.4) is 0 Å². The Morgan fingerprint density at radius 2 is 1.66 bits per heavy atom. The summed E-state index contributed by atoms with van der Waals surface area (Å²) in [6, 6.07) is 14.0. The van der Waals surface area contributed by atoms with Crippen LogP contribution in [0.4, 0.5) is 11.6 Å². The second-order valence-corrected chi connectivity index (χ2v) is 8.15. The second-order valence-electron chi connectivity index (χ2n) is 8.15. The molecule has 0 radical (unpaired) electrons. The third kappa shape index (κ3) is 3.88. The highest BCUT2D eigenvalue weighted by atomic mass is 16.7. The van der Waals surface area contributed by atoms with E-state index in [4.69, 9.17) is 13.9 Å². The molecule has 2 aliphatic rings. The molecule has 10 heteroatoms. The fourth-order valence-electron chi connectivity index (χ4n) is 4.25. The maximum atomic E-state index is 13.5. The largest absolute Gasteiger partial charge is 0.454 e. The number of anilines is 2. The summed E-state index contributed by atoms with van der Waals surface area (Å²) in [6.45, 7) is 2.26. The highest BCUT2D eigenvalue weighted by Crippen LogP contribution is 2.35. The Kier molecular flexibility index (Phi) is 5.17. The molecule has 35 heavy (non-hydrogen) atoms. The van der Waals surface area contributed by atoms with Crippen LogP contribution in [0.15, 0.2) is 65.3 Å². The van der Waals surface area contributed by atoms with Crippen LogP contribution >= 0.6 is 0 Å². The summed E-state index contributed by atoms with van der Waals surface area (Å²) in [7, 11) is 0. The number of nitrogens with one attached hydrogen (secondary N) is 1. The second kappa shape index (κ2) is 8.64. The Morgan fingerprint density at radius 1 is 0.886 bits per heavy atom. The van der Waals surface area contributed by atoms with Crippen LogP contribution in [-0.4, -0.2) is 59.7 Å². The van der Waals surface area contributed by atoms with E-state index in [0.29, 0.717) is 65.8 Å². The Morgan fingerprint density at radius 3 is 2.49 bits per heavy atom. The van der Waals surface area contributed by atoms with Gasteiger partial charge in [-0.15, -0.1) is 0 Å². The normalized spacial score (nSPS) is 14.9. The molecular weight excluding hydrogens is 450 g/mol. The van der Waals surface area contributed by atoms with E-state index in [1.807, 2.05) is 23.1 Å². The number of carbonyl (C=O) groups excluding carboxylic acids is 2. The molecule has 4 heterocycles. The molecule has 6 rings (SSSR count). The van der Waals surface area contributed by atoms with Crippen LogP contribution in [0, 0.1) is 0 Å². The van der Waals surface area contributed by atoms with Crippen molar-refractivity contribution in [2.24, 2.45) is 0 Å². The topological polar surface area (TPSA) is 110 Å². The summed E-state index contributed by atoms with van der Waals surface area (Å²) in [5.41, 5.74) is 1.25. The van der Waals surface area contributed by atoms with Crippen molar-refractivity contribution in [1.29, 1.82) is 0 Å². The Labute approximate surface area is 200 Å². The molecule has 0 unspecified atom stereocenters. The number of rotatable bonds is 4.